The van der Waals surface area contributed by atoms with Gasteiger partial charge in [-0.2, -0.15) is 0 Å². The number of amides is 1. The number of fused-ring (bicyclic) bond motifs is 1. The van der Waals surface area contributed by atoms with Gasteiger partial charge in [-0.15, -0.1) is 0 Å². The first-order chi connectivity index (χ1) is 10.1. The first-order valence-electron chi connectivity index (χ1n) is 8.29. The molecule has 21 heavy (non-hydrogen) atoms. The Bertz CT molecular complexity index is 526. The van der Waals surface area contributed by atoms with Gasteiger partial charge in [0.2, 0.25) is 5.91 Å². The summed E-state index contributed by atoms with van der Waals surface area (Å²) in [6.45, 7) is 6.15. The maximum Gasteiger partial charge on any atom is 0.222 e. The number of benzene rings is 1. The van der Waals surface area contributed by atoms with Crippen molar-refractivity contribution >= 4 is 5.91 Å². The summed E-state index contributed by atoms with van der Waals surface area (Å²) < 4.78 is 0. The summed E-state index contributed by atoms with van der Waals surface area (Å²) in [4.78, 5) is 13.7. The van der Waals surface area contributed by atoms with Crippen LogP contribution < -0.4 is 5.32 Å². The van der Waals surface area contributed by atoms with Gasteiger partial charge in [0.1, 0.15) is 0 Å². The van der Waals surface area contributed by atoms with Crippen LogP contribution in [-0.4, -0.2) is 29.9 Å². The summed E-state index contributed by atoms with van der Waals surface area (Å²) in [5, 5.41) is 3.64. The van der Waals surface area contributed by atoms with Crippen molar-refractivity contribution in [3.05, 3.63) is 34.9 Å². The van der Waals surface area contributed by atoms with Gasteiger partial charge in [-0.05, 0) is 56.2 Å². The highest BCUT2D eigenvalue weighted by molar-refractivity contribution is 5.78. The van der Waals surface area contributed by atoms with Crippen LogP contribution in [0.5, 0.6) is 0 Å². The molecule has 114 valence electrons. The van der Waals surface area contributed by atoms with Crippen LogP contribution in [0.3, 0.4) is 0 Å². The molecule has 2 unspecified atom stereocenters. The number of hydrogen-bond acceptors (Lipinski definition) is 2. The molecule has 2 aliphatic rings. The number of rotatable bonds is 5. The van der Waals surface area contributed by atoms with Gasteiger partial charge >= 0.3 is 0 Å². The second-order valence-corrected chi connectivity index (χ2v) is 6.61. The van der Waals surface area contributed by atoms with Crippen molar-refractivity contribution in [2.75, 3.05) is 13.1 Å². The Morgan fingerprint density at radius 1 is 1.14 bits per heavy atom. The van der Waals surface area contributed by atoms with E-state index in [0.29, 0.717) is 18.0 Å². The fraction of sp³-hybridized carbons (Fsp3) is 0.611. The van der Waals surface area contributed by atoms with Crippen LogP contribution in [0.25, 0.3) is 0 Å². The molecule has 1 heterocycles. The predicted molar refractivity (Wildman–Crippen MR) is 85.3 cm³/mol. The average molecular weight is 286 g/mol. The molecule has 3 rings (SSSR count). The molecule has 1 aliphatic carbocycles. The largest absolute Gasteiger partial charge is 0.341 e. The highest BCUT2D eigenvalue weighted by atomic mass is 16.2. The number of aryl methyl sites for hydroxylation is 2. The second kappa shape index (κ2) is 6.18. The number of carbonyl (C=O) groups is 1. The van der Waals surface area contributed by atoms with E-state index in [0.717, 1.165) is 25.9 Å². The molecular formula is C18H26N2O. The van der Waals surface area contributed by atoms with E-state index in [2.05, 4.69) is 37.4 Å². The second-order valence-electron chi connectivity index (χ2n) is 6.61. The van der Waals surface area contributed by atoms with Crippen molar-refractivity contribution in [1.29, 1.82) is 0 Å². The first-order valence-corrected chi connectivity index (χ1v) is 8.29. The standard InChI is InChI=1S/C18H26N2O/c1-13(12-20-10-4-7-18(20)21)19-14(2)16-9-8-15-5-3-6-17(15)11-16/h8-9,11,13-14,19H,3-7,10,12H2,1-2H3. The fourth-order valence-electron chi connectivity index (χ4n) is 3.66. The Hall–Kier alpha value is -1.35. The zero-order valence-electron chi connectivity index (χ0n) is 13.2. The van der Waals surface area contributed by atoms with Gasteiger partial charge in [0.05, 0.1) is 0 Å². The molecule has 1 aromatic carbocycles. The van der Waals surface area contributed by atoms with Crippen LogP contribution in [0.4, 0.5) is 0 Å². The predicted octanol–water partition coefficient (Wildman–Crippen LogP) is 2.84. The highest BCUT2D eigenvalue weighted by Crippen LogP contribution is 2.25. The molecule has 1 amide bonds. The summed E-state index contributed by atoms with van der Waals surface area (Å²) in [5.74, 6) is 0.314. The molecule has 1 aromatic rings. The summed E-state index contributed by atoms with van der Waals surface area (Å²) in [5.41, 5.74) is 4.43. The van der Waals surface area contributed by atoms with Crippen LogP contribution >= 0.6 is 0 Å². The molecule has 1 fully saturated rings. The summed E-state index contributed by atoms with van der Waals surface area (Å²) in [7, 11) is 0. The molecule has 1 N–H and O–H groups in total. The quantitative estimate of drug-likeness (QED) is 0.902. The summed E-state index contributed by atoms with van der Waals surface area (Å²) in [6, 6.07) is 7.59. The molecule has 0 saturated carbocycles. The Balaban J connectivity index is 1.58. The lowest BCUT2D eigenvalue weighted by molar-refractivity contribution is -0.127. The van der Waals surface area contributed by atoms with Crippen molar-refractivity contribution in [3.8, 4) is 0 Å². The Labute approximate surface area is 127 Å². The average Bonchev–Trinajstić information content (AvgIpc) is 3.07. The van der Waals surface area contributed by atoms with E-state index < -0.39 is 0 Å². The van der Waals surface area contributed by atoms with Gasteiger partial charge < -0.3 is 10.2 Å². The van der Waals surface area contributed by atoms with E-state index in [-0.39, 0.29) is 0 Å². The normalized spacial score (nSPS) is 20.7. The van der Waals surface area contributed by atoms with E-state index in [1.54, 1.807) is 0 Å². The van der Waals surface area contributed by atoms with Crippen LogP contribution in [0.15, 0.2) is 18.2 Å². The van der Waals surface area contributed by atoms with Crippen molar-refractivity contribution in [2.24, 2.45) is 0 Å². The number of nitrogens with zero attached hydrogens (tertiary/aromatic N) is 1. The monoisotopic (exact) mass is 286 g/mol. The topological polar surface area (TPSA) is 32.3 Å². The van der Waals surface area contributed by atoms with E-state index in [4.69, 9.17) is 0 Å². The van der Waals surface area contributed by atoms with Gasteiger partial charge in [0.25, 0.3) is 0 Å². The van der Waals surface area contributed by atoms with Crippen molar-refractivity contribution < 1.29 is 4.79 Å². The van der Waals surface area contributed by atoms with Crippen LogP contribution in [0.2, 0.25) is 0 Å². The fourth-order valence-corrected chi connectivity index (χ4v) is 3.66. The SMILES string of the molecule is CC(CN1CCCC1=O)NC(C)c1ccc2c(c1)CCC2. The minimum atomic E-state index is 0.314. The van der Waals surface area contributed by atoms with E-state index in [9.17, 15) is 4.79 Å². The molecule has 1 aliphatic heterocycles. The molecule has 1 saturated heterocycles. The van der Waals surface area contributed by atoms with Gasteiger partial charge in [-0.1, -0.05) is 18.2 Å². The third kappa shape index (κ3) is 3.29. The van der Waals surface area contributed by atoms with E-state index in [1.165, 1.54) is 36.0 Å². The Morgan fingerprint density at radius 3 is 2.71 bits per heavy atom. The smallest absolute Gasteiger partial charge is 0.222 e. The zero-order valence-corrected chi connectivity index (χ0v) is 13.2. The minimum absolute atomic E-state index is 0.314. The van der Waals surface area contributed by atoms with Crippen LogP contribution in [0.1, 0.15) is 55.8 Å². The molecule has 3 nitrogen and oxygen atoms in total. The van der Waals surface area contributed by atoms with Gasteiger partial charge in [0.15, 0.2) is 0 Å². The van der Waals surface area contributed by atoms with Gasteiger partial charge in [-0.25, -0.2) is 0 Å². The molecule has 0 bridgehead atoms. The maximum atomic E-state index is 11.7. The number of likely N-dealkylation sites (tertiary alicyclic amines) is 1. The lowest BCUT2D eigenvalue weighted by atomic mass is 10.0. The van der Waals surface area contributed by atoms with E-state index in [1.807, 2.05) is 4.90 Å². The van der Waals surface area contributed by atoms with E-state index >= 15 is 0 Å². The third-order valence-corrected chi connectivity index (χ3v) is 4.82. The molecule has 0 radical (unpaired) electrons. The molecule has 2 atom stereocenters. The zero-order chi connectivity index (χ0) is 14.8. The third-order valence-electron chi connectivity index (χ3n) is 4.82. The van der Waals surface area contributed by atoms with Gasteiger partial charge in [-0.3, -0.25) is 4.79 Å². The highest BCUT2D eigenvalue weighted by Gasteiger charge is 2.22. The lowest BCUT2D eigenvalue weighted by Gasteiger charge is -2.25. The van der Waals surface area contributed by atoms with Crippen LogP contribution in [0, 0.1) is 0 Å². The molecular weight excluding hydrogens is 260 g/mol. The van der Waals surface area contributed by atoms with Crippen molar-refractivity contribution in [2.45, 2.75) is 58.0 Å². The number of hydrogen-bond donors (Lipinski definition) is 1. The molecule has 3 heteroatoms. The van der Waals surface area contributed by atoms with Gasteiger partial charge in [0, 0.05) is 31.6 Å². The van der Waals surface area contributed by atoms with Crippen molar-refractivity contribution in [1.82, 2.24) is 10.2 Å². The Morgan fingerprint density at radius 2 is 1.95 bits per heavy atom. The first kappa shape index (κ1) is 14.6. The van der Waals surface area contributed by atoms with Crippen LogP contribution in [-0.2, 0) is 17.6 Å². The lowest BCUT2D eigenvalue weighted by Crippen LogP contribution is -2.40. The summed E-state index contributed by atoms with van der Waals surface area (Å²) in [6.07, 6.45) is 5.52. The number of carbonyl (C=O) groups excluding carboxylic acids is 1. The number of nitrogens with one attached hydrogen (secondary N) is 1. The Kier molecular flexibility index (Phi) is 4.29. The summed E-state index contributed by atoms with van der Waals surface area (Å²) >= 11 is 0. The van der Waals surface area contributed by atoms with Crippen molar-refractivity contribution in [3.63, 3.8) is 0 Å². The molecule has 0 aromatic heterocycles. The maximum absolute atomic E-state index is 11.7. The minimum Gasteiger partial charge on any atom is -0.341 e. The molecule has 0 spiro atoms.